The van der Waals surface area contributed by atoms with Gasteiger partial charge in [0.05, 0.1) is 21.8 Å². The van der Waals surface area contributed by atoms with Crippen LogP contribution in [-0.2, 0) is 11.2 Å². The minimum Gasteiger partial charge on any atom is -0.368 e. The minimum atomic E-state index is -0.844. The molecule has 0 aliphatic carbocycles. The van der Waals surface area contributed by atoms with Gasteiger partial charge in [-0.1, -0.05) is 35.3 Å². The van der Waals surface area contributed by atoms with Gasteiger partial charge < -0.3 is 21.2 Å². The van der Waals surface area contributed by atoms with Crippen LogP contribution in [0.2, 0.25) is 10.0 Å². The molecule has 5 N–H and O–H groups in total. The van der Waals surface area contributed by atoms with Crippen molar-refractivity contribution in [3.05, 3.63) is 64.2 Å². The molecule has 4 rings (SSSR count). The number of anilines is 2. The van der Waals surface area contributed by atoms with E-state index in [9.17, 15) is 4.79 Å². The lowest BCUT2D eigenvalue weighted by Crippen LogP contribution is -2.38. The summed E-state index contributed by atoms with van der Waals surface area (Å²) in [7, 11) is 0. The van der Waals surface area contributed by atoms with Gasteiger partial charge in [0.25, 0.3) is 0 Å². The summed E-state index contributed by atoms with van der Waals surface area (Å²) < 4.78 is 1.91. The highest BCUT2D eigenvalue weighted by Gasteiger charge is 2.20. The number of nitrogens with zero attached hydrogens (tertiary/aromatic N) is 5. The van der Waals surface area contributed by atoms with Crippen molar-refractivity contribution < 1.29 is 4.79 Å². The van der Waals surface area contributed by atoms with Gasteiger partial charge in [0.2, 0.25) is 17.8 Å². The summed E-state index contributed by atoms with van der Waals surface area (Å²) in [5, 5.41) is 3.68. The average Bonchev–Trinajstić information content (AvgIpc) is 3.10. The molecule has 1 atom stereocenters. The Morgan fingerprint density at radius 2 is 2.00 bits per heavy atom. The first-order valence-corrected chi connectivity index (χ1v) is 10.0. The first-order valence-electron chi connectivity index (χ1n) is 9.26. The monoisotopic (exact) mass is 456 g/mol. The van der Waals surface area contributed by atoms with E-state index in [1.54, 1.807) is 24.4 Å². The number of nitrogen functional groups attached to an aromatic ring is 1. The van der Waals surface area contributed by atoms with Crippen molar-refractivity contribution in [3.8, 4) is 11.4 Å². The number of benzene rings is 1. The summed E-state index contributed by atoms with van der Waals surface area (Å²) in [5.41, 5.74) is 13.8. The summed E-state index contributed by atoms with van der Waals surface area (Å²) in [6.07, 6.45) is 3.82. The molecule has 158 valence electrons. The summed E-state index contributed by atoms with van der Waals surface area (Å²) >= 11 is 12.3. The van der Waals surface area contributed by atoms with Crippen LogP contribution in [0.25, 0.3) is 16.9 Å². The lowest BCUT2D eigenvalue weighted by atomic mass is 10.1. The van der Waals surface area contributed by atoms with E-state index in [2.05, 4.69) is 25.3 Å². The van der Waals surface area contributed by atoms with Gasteiger partial charge in [-0.15, -0.1) is 0 Å². The number of primary amides is 1. The molecule has 9 nitrogen and oxygen atoms in total. The zero-order chi connectivity index (χ0) is 22.1. The Morgan fingerprint density at radius 1 is 1.19 bits per heavy atom. The lowest BCUT2D eigenvalue weighted by Gasteiger charge is -2.17. The van der Waals surface area contributed by atoms with E-state index in [1.807, 2.05) is 29.7 Å². The SMILES string of the molecule is Cc1ncc2ccc(-c3nc(N)nc(NC(Cc4cccc(Cl)c4Cl)C(N)=O)n3)cn12. The Morgan fingerprint density at radius 3 is 2.77 bits per heavy atom. The second-order valence-electron chi connectivity index (χ2n) is 6.88. The quantitative estimate of drug-likeness (QED) is 0.405. The molecular weight excluding hydrogens is 439 g/mol. The number of rotatable bonds is 6. The number of carbonyl (C=O) groups is 1. The van der Waals surface area contributed by atoms with Gasteiger partial charge in [-0.2, -0.15) is 15.0 Å². The maximum Gasteiger partial charge on any atom is 0.240 e. The third-order valence-corrected chi connectivity index (χ3v) is 5.58. The number of carbonyl (C=O) groups excluding carboxylic acids is 1. The second kappa shape index (κ2) is 8.37. The number of halogens is 2. The molecule has 11 heteroatoms. The van der Waals surface area contributed by atoms with Crippen LogP contribution in [0.5, 0.6) is 0 Å². The van der Waals surface area contributed by atoms with Gasteiger partial charge in [-0.05, 0) is 30.7 Å². The fourth-order valence-electron chi connectivity index (χ4n) is 3.14. The van der Waals surface area contributed by atoms with Gasteiger partial charge in [0.1, 0.15) is 11.9 Å². The normalized spacial score (nSPS) is 12.1. The van der Waals surface area contributed by atoms with E-state index in [4.69, 9.17) is 34.7 Å². The standard InChI is InChI=1S/C20H18Cl2N8O/c1-10-25-8-13-6-5-12(9-30(10)13)18-27-19(24)29-20(28-18)26-15(17(23)31)7-11-3-2-4-14(21)16(11)22/h2-6,8-9,15H,7H2,1H3,(H2,23,31)(H3,24,26,27,28,29). The molecule has 1 unspecified atom stereocenters. The molecule has 0 radical (unpaired) electrons. The summed E-state index contributed by atoms with van der Waals surface area (Å²) in [6.45, 7) is 1.89. The molecule has 31 heavy (non-hydrogen) atoms. The summed E-state index contributed by atoms with van der Waals surface area (Å²) in [6, 6.07) is 8.08. The topological polar surface area (TPSA) is 137 Å². The number of nitrogens with two attached hydrogens (primary N) is 2. The van der Waals surface area contributed by atoms with Crippen LogP contribution in [0.4, 0.5) is 11.9 Å². The van der Waals surface area contributed by atoms with E-state index >= 15 is 0 Å². The molecular formula is C20H18Cl2N8O. The highest BCUT2D eigenvalue weighted by molar-refractivity contribution is 6.42. The Bertz CT molecular complexity index is 1290. The Labute approximate surface area is 187 Å². The molecule has 0 fully saturated rings. The number of aromatic nitrogens is 5. The van der Waals surface area contributed by atoms with Crippen LogP contribution in [0.15, 0.2) is 42.7 Å². The maximum atomic E-state index is 12.1. The van der Waals surface area contributed by atoms with Crippen molar-refractivity contribution in [1.29, 1.82) is 0 Å². The fraction of sp³-hybridized carbons (Fsp3) is 0.150. The van der Waals surface area contributed by atoms with Gasteiger partial charge in [-0.3, -0.25) is 4.79 Å². The smallest absolute Gasteiger partial charge is 0.240 e. The van der Waals surface area contributed by atoms with E-state index < -0.39 is 11.9 Å². The molecule has 0 aliphatic heterocycles. The largest absolute Gasteiger partial charge is 0.368 e. The summed E-state index contributed by atoms with van der Waals surface area (Å²) in [4.78, 5) is 29.1. The molecule has 1 amide bonds. The molecule has 0 spiro atoms. The van der Waals surface area contributed by atoms with Gasteiger partial charge in [0, 0.05) is 18.2 Å². The molecule has 0 saturated carbocycles. The predicted octanol–water partition coefficient (Wildman–Crippen LogP) is 2.89. The maximum absolute atomic E-state index is 12.1. The first-order chi connectivity index (χ1) is 14.8. The molecule has 1 aromatic carbocycles. The van der Waals surface area contributed by atoms with Gasteiger partial charge >= 0.3 is 0 Å². The fourth-order valence-corrected chi connectivity index (χ4v) is 3.54. The lowest BCUT2D eigenvalue weighted by molar-refractivity contribution is -0.118. The van der Waals surface area contributed by atoms with Crippen molar-refractivity contribution >= 4 is 46.5 Å². The minimum absolute atomic E-state index is 0.000964. The molecule has 3 heterocycles. The van der Waals surface area contributed by atoms with Crippen LogP contribution in [0, 0.1) is 6.92 Å². The van der Waals surface area contributed by atoms with Crippen molar-refractivity contribution in [2.45, 2.75) is 19.4 Å². The van der Waals surface area contributed by atoms with E-state index in [1.165, 1.54) is 0 Å². The van der Waals surface area contributed by atoms with E-state index in [0.29, 0.717) is 27.0 Å². The Kier molecular flexibility index (Phi) is 5.62. The highest BCUT2D eigenvalue weighted by Crippen LogP contribution is 2.27. The molecule has 0 bridgehead atoms. The number of imidazole rings is 1. The van der Waals surface area contributed by atoms with E-state index in [0.717, 1.165) is 11.3 Å². The molecule has 4 aromatic rings. The van der Waals surface area contributed by atoms with Crippen molar-refractivity contribution in [3.63, 3.8) is 0 Å². The first kappa shape index (κ1) is 20.8. The summed E-state index contributed by atoms with van der Waals surface area (Å²) in [5.74, 6) is 0.677. The average molecular weight is 457 g/mol. The third-order valence-electron chi connectivity index (χ3n) is 4.73. The molecule has 3 aromatic heterocycles. The number of aryl methyl sites for hydroxylation is 1. The molecule has 0 aliphatic rings. The van der Waals surface area contributed by atoms with Crippen molar-refractivity contribution in [2.24, 2.45) is 5.73 Å². The van der Waals surface area contributed by atoms with Crippen LogP contribution in [0.3, 0.4) is 0 Å². The predicted molar refractivity (Wildman–Crippen MR) is 120 cm³/mol. The van der Waals surface area contributed by atoms with Crippen molar-refractivity contribution in [2.75, 3.05) is 11.1 Å². The molecule has 0 saturated heterocycles. The number of hydrogen-bond acceptors (Lipinski definition) is 7. The van der Waals surface area contributed by atoms with Crippen LogP contribution in [0.1, 0.15) is 11.4 Å². The number of hydrogen-bond donors (Lipinski definition) is 3. The number of amides is 1. The highest BCUT2D eigenvalue weighted by atomic mass is 35.5. The second-order valence-corrected chi connectivity index (χ2v) is 7.66. The van der Waals surface area contributed by atoms with Gasteiger partial charge in [-0.25, -0.2) is 4.98 Å². The zero-order valence-corrected chi connectivity index (χ0v) is 17.9. The van der Waals surface area contributed by atoms with Crippen LogP contribution < -0.4 is 16.8 Å². The van der Waals surface area contributed by atoms with Crippen LogP contribution >= 0.6 is 23.2 Å². The van der Waals surface area contributed by atoms with Crippen LogP contribution in [-0.4, -0.2) is 36.3 Å². The number of fused-ring (bicyclic) bond motifs is 1. The Balaban J connectivity index is 1.65. The van der Waals surface area contributed by atoms with Gasteiger partial charge in [0.15, 0.2) is 5.82 Å². The van der Waals surface area contributed by atoms with E-state index in [-0.39, 0.29) is 18.3 Å². The Hall–Kier alpha value is -3.43. The third kappa shape index (κ3) is 4.37. The van der Waals surface area contributed by atoms with Crippen molar-refractivity contribution in [1.82, 2.24) is 24.3 Å². The number of nitrogens with one attached hydrogen (secondary N) is 1. The zero-order valence-electron chi connectivity index (χ0n) is 16.4. The number of pyridine rings is 1.